The van der Waals surface area contributed by atoms with Crippen molar-refractivity contribution >= 4 is 9.84 Å². The molecule has 2 N–H and O–H groups in total. The molecule has 0 heterocycles. The predicted octanol–water partition coefficient (Wildman–Crippen LogP) is 1.86. The first-order valence-electron chi connectivity index (χ1n) is 6.79. The second kappa shape index (κ2) is 3.27. The summed E-state index contributed by atoms with van der Waals surface area (Å²) >= 11 is 0. The minimum Gasteiger partial charge on any atom is -0.325 e. The SMILES string of the molecule is CC(C)S(=O)(=O)C12CC3CC(CC(N)(C3)C1)C2. The van der Waals surface area contributed by atoms with Gasteiger partial charge in [0.05, 0.1) is 10.00 Å². The number of hydrogen-bond acceptors (Lipinski definition) is 3. The Morgan fingerprint density at radius 1 is 1.12 bits per heavy atom. The first-order valence-corrected chi connectivity index (χ1v) is 8.33. The zero-order valence-corrected chi connectivity index (χ0v) is 11.6. The van der Waals surface area contributed by atoms with Gasteiger partial charge in [0.1, 0.15) is 0 Å². The van der Waals surface area contributed by atoms with Crippen molar-refractivity contribution in [2.45, 2.75) is 67.9 Å². The molecule has 4 heteroatoms. The minimum absolute atomic E-state index is 0.175. The standard InChI is InChI=1S/C13H23NO2S/c1-9(2)17(15,16)13-6-10-3-11(7-13)5-12(14,4-10)8-13/h9-11H,3-8,14H2,1-2H3. The summed E-state index contributed by atoms with van der Waals surface area (Å²) in [4.78, 5) is 0. The van der Waals surface area contributed by atoms with Gasteiger partial charge in [-0.1, -0.05) is 0 Å². The zero-order chi connectivity index (χ0) is 12.5. The summed E-state index contributed by atoms with van der Waals surface area (Å²) in [5, 5.41) is -0.262. The van der Waals surface area contributed by atoms with Crippen LogP contribution in [0.15, 0.2) is 0 Å². The molecular formula is C13H23NO2S. The highest BCUT2D eigenvalue weighted by molar-refractivity contribution is 7.93. The lowest BCUT2D eigenvalue weighted by atomic mass is 9.53. The normalized spacial score (nSPS) is 48.9. The van der Waals surface area contributed by atoms with Crippen LogP contribution in [0.4, 0.5) is 0 Å². The molecule has 17 heavy (non-hydrogen) atoms. The second-order valence-electron chi connectivity index (χ2n) is 7.10. The quantitative estimate of drug-likeness (QED) is 0.821. The van der Waals surface area contributed by atoms with Crippen molar-refractivity contribution in [3.63, 3.8) is 0 Å². The molecular weight excluding hydrogens is 234 g/mol. The van der Waals surface area contributed by atoms with Crippen molar-refractivity contribution in [3.8, 4) is 0 Å². The van der Waals surface area contributed by atoms with Gasteiger partial charge >= 0.3 is 0 Å². The first-order chi connectivity index (χ1) is 7.76. The van der Waals surface area contributed by atoms with Crippen LogP contribution < -0.4 is 5.73 Å². The van der Waals surface area contributed by atoms with E-state index in [2.05, 4.69) is 0 Å². The van der Waals surface area contributed by atoms with E-state index in [-0.39, 0.29) is 10.8 Å². The molecule has 4 fully saturated rings. The highest BCUT2D eigenvalue weighted by Crippen LogP contribution is 2.59. The van der Waals surface area contributed by atoms with E-state index in [4.69, 9.17) is 5.73 Å². The fourth-order valence-electron chi connectivity index (χ4n) is 5.08. The largest absolute Gasteiger partial charge is 0.325 e. The van der Waals surface area contributed by atoms with Crippen LogP contribution in [0.1, 0.15) is 52.4 Å². The van der Waals surface area contributed by atoms with E-state index in [0.717, 1.165) is 25.7 Å². The third kappa shape index (κ3) is 1.53. The Kier molecular flexibility index (Phi) is 2.30. The van der Waals surface area contributed by atoms with Crippen LogP contribution in [0.5, 0.6) is 0 Å². The molecule has 0 radical (unpaired) electrons. The van der Waals surface area contributed by atoms with E-state index in [1.165, 1.54) is 6.42 Å². The van der Waals surface area contributed by atoms with Gasteiger partial charge in [0.2, 0.25) is 0 Å². The molecule has 0 aliphatic heterocycles. The summed E-state index contributed by atoms with van der Waals surface area (Å²) in [7, 11) is -3.01. The van der Waals surface area contributed by atoms with Crippen molar-refractivity contribution in [2.75, 3.05) is 0 Å². The number of rotatable bonds is 2. The maximum Gasteiger partial charge on any atom is 0.158 e. The summed E-state index contributed by atoms with van der Waals surface area (Å²) in [5.74, 6) is 1.13. The lowest BCUT2D eigenvalue weighted by molar-refractivity contribution is 0.0134. The molecule has 0 aromatic rings. The van der Waals surface area contributed by atoms with Crippen LogP contribution in [0, 0.1) is 11.8 Å². The molecule has 3 nitrogen and oxygen atoms in total. The van der Waals surface area contributed by atoms with E-state index in [1.807, 2.05) is 13.8 Å². The average molecular weight is 257 g/mol. The lowest BCUT2D eigenvalue weighted by Gasteiger charge is -2.60. The summed E-state index contributed by atoms with van der Waals surface area (Å²) in [6.45, 7) is 3.63. The van der Waals surface area contributed by atoms with Gasteiger partial charge in [0.25, 0.3) is 0 Å². The molecule has 0 amide bonds. The van der Waals surface area contributed by atoms with E-state index < -0.39 is 14.6 Å². The minimum atomic E-state index is -3.01. The number of sulfone groups is 1. The Balaban J connectivity index is 2.05. The van der Waals surface area contributed by atoms with Crippen molar-refractivity contribution in [1.29, 1.82) is 0 Å². The third-order valence-electron chi connectivity index (χ3n) is 5.28. The van der Waals surface area contributed by atoms with Crippen molar-refractivity contribution in [2.24, 2.45) is 17.6 Å². The molecule has 98 valence electrons. The van der Waals surface area contributed by atoms with E-state index >= 15 is 0 Å². The Morgan fingerprint density at radius 3 is 2.06 bits per heavy atom. The van der Waals surface area contributed by atoms with Gasteiger partial charge in [-0.25, -0.2) is 8.42 Å². The predicted molar refractivity (Wildman–Crippen MR) is 68.4 cm³/mol. The van der Waals surface area contributed by atoms with Crippen LogP contribution in [0.25, 0.3) is 0 Å². The number of nitrogens with two attached hydrogens (primary N) is 1. The average Bonchev–Trinajstić information content (AvgIpc) is 2.12. The Labute approximate surface area is 104 Å². The van der Waals surface area contributed by atoms with Crippen molar-refractivity contribution < 1.29 is 8.42 Å². The highest BCUT2D eigenvalue weighted by atomic mass is 32.2. The van der Waals surface area contributed by atoms with E-state index in [9.17, 15) is 8.42 Å². The fraction of sp³-hybridized carbons (Fsp3) is 1.00. The lowest BCUT2D eigenvalue weighted by Crippen LogP contribution is -2.66. The smallest absolute Gasteiger partial charge is 0.158 e. The van der Waals surface area contributed by atoms with Crippen LogP contribution in [-0.2, 0) is 9.84 Å². The van der Waals surface area contributed by atoms with Crippen molar-refractivity contribution in [1.82, 2.24) is 0 Å². The van der Waals surface area contributed by atoms with E-state index in [0.29, 0.717) is 18.3 Å². The van der Waals surface area contributed by atoms with Gasteiger partial charge < -0.3 is 5.73 Å². The summed E-state index contributed by atoms with van der Waals surface area (Å²) < 4.78 is 24.9. The number of hydrogen-bond donors (Lipinski definition) is 1. The third-order valence-corrected chi connectivity index (χ3v) is 8.20. The Hall–Kier alpha value is -0.0900. The van der Waals surface area contributed by atoms with Gasteiger partial charge in [-0.3, -0.25) is 0 Å². The zero-order valence-electron chi connectivity index (χ0n) is 10.8. The molecule has 4 saturated carbocycles. The monoisotopic (exact) mass is 257 g/mol. The molecule has 0 saturated heterocycles. The topological polar surface area (TPSA) is 60.2 Å². The molecule has 0 aromatic heterocycles. The molecule has 4 aliphatic carbocycles. The molecule has 2 unspecified atom stereocenters. The second-order valence-corrected chi connectivity index (χ2v) is 10.00. The highest BCUT2D eigenvalue weighted by Gasteiger charge is 2.61. The summed E-state index contributed by atoms with van der Waals surface area (Å²) in [5.41, 5.74) is 6.26. The van der Waals surface area contributed by atoms with Crippen LogP contribution in [0.3, 0.4) is 0 Å². The molecule has 0 aromatic carbocycles. The van der Waals surface area contributed by atoms with Gasteiger partial charge in [-0.05, 0) is 64.2 Å². The molecule has 4 bridgehead atoms. The Morgan fingerprint density at radius 2 is 1.65 bits per heavy atom. The van der Waals surface area contributed by atoms with E-state index in [1.54, 1.807) is 0 Å². The maximum absolute atomic E-state index is 12.7. The van der Waals surface area contributed by atoms with Crippen molar-refractivity contribution in [3.05, 3.63) is 0 Å². The van der Waals surface area contributed by atoms with Crippen LogP contribution in [0.2, 0.25) is 0 Å². The molecule has 4 rings (SSSR count). The first kappa shape index (κ1) is 12.0. The van der Waals surface area contributed by atoms with Gasteiger partial charge in [-0.15, -0.1) is 0 Å². The fourth-order valence-corrected chi connectivity index (χ4v) is 7.51. The van der Waals surface area contributed by atoms with Crippen LogP contribution in [-0.4, -0.2) is 24.0 Å². The molecule has 4 aliphatic rings. The van der Waals surface area contributed by atoms with Gasteiger partial charge in [0.15, 0.2) is 9.84 Å². The molecule has 2 atom stereocenters. The van der Waals surface area contributed by atoms with Crippen LogP contribution >= 0.6 is 0 Å². The summed E-state index contributed by atoms with van der Waals surface area (Å²) in [6, 6.07) is 0. The summed E-state index contributed by atoms with van der Waals surface area (Å²) in [6.07, 6.45) is 5.80. The van der Waals surface area contributed by atoms with Gasteiger partial charge in [0, 0.05) is 5.54 Å². The molecule has 0 spiro atoms. The Bertz CT molecular complexity index is 426. The van der Waals surface area contributed by atoms with Gasteiger partial charge in [-0.2, -0.15) is 0 Å². The maximum atomic E-state index is 12.7.